The maximum Gasteiger partial charge on any atom is 0.0642 e. The van der Waals surface area contributed by atoms with E-state index in [9.17, 15) is 0 Å². The Kier molecular flexibility index (Phi) is 5.26. The number of rotatable bonds is 4. The van der Waals surface area contributed by atoms with Gasteiger partial charge in [0.05, 0.1) is 13.2 Å². The van der Waals surface area contributed by atoms with Crippen LogP contribution in [0.3, 0.4) is 0 Å². The van der Waals surface area contributed by atoms with Gasteiger partial charge in [0.25, 0.3) is 0 Å². The Morgan fingerprint density at radius 3 is 2.50 bits per heavy atom. The molecule has 1 rings (SSSR count). The van der Waals surface area contributed by atoms with Crippen LogP contribution in [0, 0.1) is 5.92 Å². The van der Waals surface area contributed by atoms with Gasteiger partial charge in [-0.3, -0.25) is 4.99 Å². The third-order valence-electron chi connectivity index (χ3n) is 2.71. The van der Waals surface area contributed by atoms with Gasteiger partial charge in [0.15, 0.2) is 0 Å². The van der Waals surface area contributed by atoms with Crippen LogP contribution in [-0.4, -0.2) is 36.9 Å². The molecule has 0 aromatic carbocycles. The van der Waals surface area contributed by atoms with E-state index in [2.05, 4.69) is 37.2 Å². The van der Waals surface area contributed by atoms with Gasteiger partial charge < -0.3 is 9.64 Å². The molecular formula is C13H22N2O. The van der Waals surface area contributed by atoms with E-state index in [0.29, 0.717) is 5.92 Å². The number of morpholine rings is 1. The second-order valence-corrected chi connectivity index (χ2v) is 4.28. The van der Waals surface area contributed by atoms with Crippen LogP contribution in [0.5, 0.6) is 0 Å². The fourth-order valence-electron chi connectivity index (χ4n) is 1.60. The topological polar surface area (TPSA) is 24.8 Å². The number of nitrogens with zero attached hydrogens (tertiary/aromatic N) is 2. The number of hydrogen-bond acceptors (Lipinski definition) is 3. The van der Waals surface area contributed by atoms with E-state index in [1.165, 1.54) is 5.70 Å². The van der Waals surface area contributed by atoms with Gasteiger partial charge in [-0.1, -0.05) is 20.4 Å². The summed E-state index contributed by atoms with van der Waals surface area (Å²) in [7, 11) is 0. The Balaban J connectivity index is 2.63. The van der Waals surface area contributed by atoms with E-state index in [1.807, 2.05) is 12.3 Å². The van der Waals surface area contributed by atoms with E-state index in [4.69, 9.17) is 4.74 Å². The van der Waals surface area contributed by atoms with Crippen LogP contribution in [0.1, 0.15) is 20.8 Å². The van der Waals surface area contributed by atoms with Crippen LogP contribution in [0.25, 0.3) is 0 Å². The summed E-state index contributed by atoms with van der Waals surface area (Å²) in [5, 5.41) is 0. The summed E-state index contributed by atoms with van der Waals surface area (Å²) in [5.41, 5.74) is 2.23. The van der Waals surface area contributed by atoms with Crippen molar-refractivity contribution in [3.8, 4) is 0 Å². The number of allylic oxidation sites excluding steroid dienone is 2. The van der Waals surface area contributed by atoms with E-state index in [1.54, 1.807) is 0 Å². The zero-order valence-electron chi connectivity index (χ0n) is 10.6. The Morgan fingerprint density at radius 1 is 1.38 bits per heavy atom. The maximum absolute atomic E-state index is 5.31. The van der Waals surface area contributed by atoms with E-state index < -0.39 is 0 Å². The number of hydrogen-bond donors (Lipinski definition) is 0. The number of aliphatic imine (C=N–C) groups is 1. The zero-order valence-corrected chi connectivity index (χ0v) is 10.6. The predicted molar refractivity (Wildman–Crippen MR) is 68.6 cm³/mol. The molecule has 3 heteroatoms. The van der Waals surface area contributed by atoms with Crippen LogP contribution in [0.4, 0.5) is 0 Å². The maximum atomic E-state index is 5.31. The van der Waals surface area contributed by atoms with Gasteiger partial charge in [0, 0.05) is 30.7 Å². The molecule has 0 aromatic heterocycles. The second kappa shape index (κ2) is 6.48. The quantitative estimate of drug-likeness (QED) is 0.683. The molecule has 90 valence electrons. The summed E-state index contributed by atoms with van der Waals surface area (Å²) >= 11 is 0. The number of ether oxygens (including phenoxy) is 1. The molecule has 0 aromatic rings. The zero-order chi connectivity index (χ0) is 12.0. The lowest BCUT2D eigenvalue weighted by Crippen LogP contribution is -2.34. The normalized spacial score (nSPS) is 19.1. The van der Waals surface area contributed by atoms with Crippen LogP contribution in [0.2, 0.25) is 0 Å². The third kappa shape index (κ3) is 3.81. The van der Waals surface area contributed by atoms with Crippen LogP contribution in [0.15, 0.2) is 29.5 Å². The summed E-state index contributed by atoms with van der Waals surface area (Å²) in [6.07, 6.45) is 3.76. The molecule has 1 heterocycles. The molecule has 0 bridgehead atoms. The second-order valence-electron chi connectivity index (χ2n) is 4.28. The van der Waals surface area contributed by atoms with Crippen molar-refractivity contribution in [3.05, 3.63) is 24.6 Å². The standard InChI is InChI=1S/C13H22N2O/c1-5-13(11(2)3)14-10-12(4)15-6-8-16-9-7-15/h5,10-11H,1,6-9H2,2-4H3/b12-10+,14-13?. The lowest BCUT2D eigenvalue weighted by molar-refractivity contribution is 0.0536. The molecule has 0 amide bonds. The minimum Gasteiger partial charge on any atom is -0.378 e. The molecule has 0 unspecified atom stereocenters. The molecule has 1 fully saturated rings. The van der Waals surface area contributed by atoms with Crippen LogP contribution in [-0.2, 0) is 4.74 Å². The first kappa shape index (κ1) is 13.0. The average molecular weight is 222 g/mol. The molecule has 1 aliphatic heterocycles. The van der Waals surface area contributed by atoms with Crippen molar-refractivity contribution in [2.75, 3.05) is 26.3 Å². The van der Waals surface area contributed by atoms with Gasteiger partial charge in [-0.2, -0.15) is 0 Å². The fraction of sp³-hybridized carbons (Fsp3) is 0.615. The van der Waals surface area contributed by atoms with Gasteiger partial charge in [0.1, 0.15) is 0 Å². The fourth-order valence-corrected chi connectivity index (χ4v) is 1.60. The molecule has 1 saturated heterocycles. The average Bonchev–Trinajstić information content (AvgIpc) is 2.30. The molecule has 0 spiro atoms. The van der Waals surface area contributed by atoms with Crippen molar-refractivity contribution < 1.29 is 4.74 Å². The van der Waals surface area contributed by atoms with Crippen LogP contribution >= 0.6 is 0 Å². The van der Waals surface area contributed by atoms with E-state index in [0.717, 1.165) is 32.0 Å². The van der Waals surface area contributed by atoms with Gasteiger partial charge in [-0.05, 0) is 18.9 Å². The summed E-state index contributed by atoms with van der Waals surface area (Å²) in [6.45, 7) is 13.7. The first-order valence-corrected chi connectivity index (χ1v) is 5.84. The summed E-state index contributed by atoms with van der Waals surface area (Å²) in [4.78, 5) is 6.77. The highest BCUT2D eigenvalue weighted by Gasteiger charge is 2.09. The minimum absolute atomic E-state index is 0.422. The Morgan fingerprint density at radius 2 is 2.00 bits per heavy atom. The first-order chi connectivity index (χ1) is 7.65. The molecule has 0 aliphatic carbocycles. The molecule has 0 radical (unpaired) electrons. The predicted octanol–water partition coefficient (Wildman–Crippen LogP) is 2.46. The first-order valence-electron chi connectivity index (χ1n) is 5.84. The van der Waals surface area contributed by atoms with Crippen LogP contribution < -0.4 is 0 Å². The molecule has 0 N–H and O–H groups in total. The third-order valence-corrected chi connectivity index (χ3v) is 2.71. The Labute approximate surface area is 98.5 Å². The molecule has 0 saturated carbocycles. The van der Waals surface area contributed by atoms with Crippen molar-refractivity contribution in [3.63, 3.8) is 0 Å². The molecule has 1 aliphatic rings. The van der Waals surface area contributed by atoms with E-state index in [-0.39, 0.29) is 0 Å². The van der Waals surface area contributed by atoms with Gasteiger partial charge in [-0.15, -0.1) is 0 Å². The highest BCUT2D eigenvalue weighted by molar-refractivity contribution is 5.96. The van der Waals surface area contributed by atoms with Gasteiger partial charge in [0.2, 0.25) is 0 Å². The molecule has 16 heavy (non-hydrogen) atoms. The SMILES string of the molecule is C=CC(=N/C=C(\C)N1CCOCC1)C(C)C. The Bertz CT molecular complexity index is 286. The molecular weight excluding hydrogens is 200 g/mol. The Hall–Kier alpha value is -1.09. The van der Waals surface area contributed by atoms with Crippen molar-refractivity contribution >= 4 is 5.71 Å². The van der Waals surface area contributed by atoms with Crippen molar-refractivity contribution in [1.82, 2.24) is 4.90 Å². The largest absolute Gasteiger partial charge is 0.378 e. The summed E-state index contributed by atoms with van der Waals surface area (Å²) in [5.74, 6) is 0.422. The van der Waals surface area contributed by atoms with Crippen molar-refractivity contribution in [2.24, 2.45) is 10.9 Å². The van der Waals surface area contributed by atoms with Crippen molar-refractivity contribution in [1.29, 1.82) is 0 Å². The smallest absolute Gasteiger partial charge is 0.0642 e. The lowest BCUT2D eigenvalue weighted by atomic mass is 10.1. The molecule has 0 atom stereocenters. The molecule has 3 nitrogen and oxygen atoms in total. The summed E-state index contributed by atoms with van der Waals surface area (Å²) in [6, 6.07) is 0. The summed E-state index contributed by atoms with van der Waals surface area (Å²) < 4.78 is 5.31. The highest BCUT2D eigenvalue weighted by atomic mass is 16.5. The lowest BCUT2D eigenvalue weighted by Gasteiger charge is -2.28. The van der Waals surface area contributed by atoms with E-state index >= 15 is 0 Å². The minimum atomic E-state index is 0.422. The highest BCUT2D eigenvalue weighted by Crippen LogP contribution is 2.08. The van der Waals surface area contributed by atoms with Gasteiger partial charge >= 0.3 is 0 Å². The monoisotopic (exact) mass is 222 g/mol. The van der Waals surface area contributed by atoms with Crippen molar-refractivity contribution in [2.45, 2.75) is 20.8 Å². The van der Waals surface area contributed by atoms with Gasteiger partial charge in [-0.25, -0.2) is 0 Å².